The summed E-state index contributed by atoms with van der Waals surface area (Å²) in [4.78, 5) is 29.8. The lowest BCUT2D eigenvalue weighted by Crippen LogP contribution is -2.51. The Morgan fingerprint density at radius 2 is 1.76 bits per heavy atom. The second-order valence-electron chi connectivity index (χ2n) is 8.93. The summed E-state index contributed by atoms with van der Waals surface area (Å²) >= 11 is 1.49. The molecule has 5 nitrogen and oxygen atoms in total. The Kier molecular flexibility index (Phi) is 5.16. The molecule has 0 aromatic heterocycles. The number of thioether (sulfide) groups is 1. The van der Waals surface area contributed by atoms with E-state index in [0.29, 0.717) is 18.8 Å². The average Bonchev–Trinajstić information content (AvgIpc) is 3.21. The first-order valence-corrected chi connectivity index (χ1v) is 11.6. The van der Waals surface area contributed by atoms with Gasteiger partial charge < -0.3 is 10.2 Å². The molecular formula is C26H24FN3O2S. The molecule has 1 saturated heterocycles. The minimum Gasteiger partial charge on any atom is -0.308 e. The van der Waals surface area contributed by atoms with E-state index in [4.69, 9.17) is 0 Å². The molecular weight excluding hydrogens is 437 g/mol. The fraction of sp³-hybridized carbons (Fsp3) is 0.231. The van der Waals surface area contributed by atoms with E-state index in [-0.39, 0.29) is 10.7 Å². The van der Waals surface area contributed by atoms with Crippen LogP contribution >= 0.6 is 11.8 Å². The third-order valence-corrected chi connectivity index (χ3v) is 7.53. The largest absolute Gasteiger partial charge is 0.323 e. The number of anilines is 2. The number of nitrogens with one attached hydrogen (secondary N) is 1. The van der Waals surface area contributed by atoms with Crippen molar-refractivity contribution >= 4 is 35.1 Å². The minimum absolute atomic E-state index is 0.141. The van der Waals surface area contributed by atoms with Crippen LogP contribution in [0.2, 0.25) is 0 Å². The quantitative estimate of drug-likeness (QED) is 0.554. The normalized spacial score (nSPS) is 20.9. The molecule has 1 spiro atoms. The number of hydrogen-bond donors (Lipinski definition) is 1. The van der Waals surface area contributed by atoms with Crippen LogP contribution in [0.4, 0.5) is 20.6 Å². The SMILES string of the molecule is CC1(C)CN(C(=O)Nc2cccc(F)c2)C2(S1)C(=O)N(Cc1ccccc1)c1ccccc12. The van der Waals surface area contributed by atoms with Crippen molar-refractivity contribution in [1.29, 1.82) is 0 Å². The Hall–Kier alpha value is -3.32. The number of urea groups is 1. The molecule has 1 unspecified atom stereocenters. The van der Waals surface area contributed by atoms with E-state index in [1.807, 2.05) is 68.4 Å². The molecule has 0 bridgehead atoms. The Balaban J connectivity index is 1.56. The van der Waals surface area contributed by atoms with Gasteiger partial charge in [0, 0.05) is 22.5 Å². The third kappa shape index (κ3) is 3.66. The van der Waals surface area contributed by atoms with Crippen LogP contribution in [0, 0.1) is 5.82 Å². The van der Waals surface area contributed by atoms with Gasteiger partial charge in [-0.25, -0.2) is 9.18 Å². The number of para-hydroxylation sites is 1. The highest BCUT2D eigenvalue weighted by atomic mass is 32.2. The third-order valence-electron chi connectivity index (χ3n) is 5.94. The van der Waals surface area contributed by atoms with Crippen LogP contribution in [-0.4, -0.2) is 28.1 Å². The Labute approximate surface area is 196 Å². The highest BCUT2D eigenvalue weighted by molar-refractivity contribution is 8.02. The molecule has 168 valence electrons. The predicted molar refractivity (Wildman–Crippen MR) is 130 cm³/mol. The fourth-order valence-electron chi connectivity index (χ4n) is 4.64. The molecule has 2 aliphatic rings. The smallest absolute Gasteiger partial charge is 0.308 e. The molecule has 3 aromatic carbocycles. The Bertz CT molecular complexity index is 1230. The Morgan fingerprint density at radius 1 is 1.03 bits per heavy atom. The molecule has 3 amide bonds. The van der Waals surface area contributed by atoms with E-state index >= 15 is 0 Å². The molecule has 2 heterocycles. The first-order chi connectivity index (χ1) is 15.8. The first-order valence-electron chi connectivity index (χ1n) is 10.8. The first kappa shape index (κ1) is 21.5. The summed E-state index contributed by atoms with van der Waals surface area (Å²) in [7, 11) is 0. The maximum absolute atomic E-state index is 14.1. The van der Waals surface area contributed by atoms with E-state index in [1.54, 1.807) is 21.9 Å². The second kappa shape index (κ2) is 7.92. The maximum Gasteiger partial charge on any atom is 0.323 e. The molecule has 1 fully saturated rings. The van der Waals surface area contributed by atoms with Crippen molar-refractivity contribution in [2.24, 2.45) is 0 Å². The summed E-state index contributed by atoms with van der Waals surface area (Å²) in [5, 5.41) is 2.79. The molecule has 2 aliphatic heterocycles. The zero-order valence-electron chi connectivity index (χ0n) is 18.4. The average molecular weight is 462 g/mol. The van der Waals surface area contributed by atoms with Gasteiger partial charge in [0.1, 0.15) is 5.82 Å². The van der Waals surface area contributed by atoms with Crippen molar-refractivity contribution in [1.82, 2.24) is 4.90 Å². The van der Waals surface area contributed by atoms with Crippen LogP contribution in [0.25, 0.3) is 0 Å². The topological polar surface area (TPSA) is 52.7 Å². The monoisotopic (exact) mass is 461 g/mol. The van der Waals surface area contributed by atoms with Crippen LogP contribution in [-0.2, 0) is 16.2 Å². The van der Waals surface area contributed by atoms with Gasteiger partial charge in [-0.2, -0.15) is 0 Å². The summed E-state index contributed by atoms with van der Waals surface area (Å²) < 4.78 is 13.3. The highest BCUT2D eigenvalue weighted by Crippen LogP contribution is 2.59. The number of amides is 3. The summed E-state index contributed by atoms with van der Waals surface area (Å²) in [6.07, 6.45) is 0. The molecule has 1 N–H and O–H groups in total. The van der Waals surface area contributed by atoms with Gasteiger partial charge in [0.05, 0.1) is 12.2 Å². The number of halogens is 1. The number of fused-ring (bicyclic) bond motifs is 2. The Morgan fingerprint density at radius 3 is 2.52 bits per heavy atom. The standard InChI is InChI=1S/C26H24FN3O2S/c1-25(2)17-30(24(32)28-20-12-8-11-19(27)15-20)26(33-25)21-13-6-7-14-22(21)29(23(26)31)16-18-9-4-3-5-10-18/h3-15H,16-17H2,1-2H3,(H,28,32). The van der Waals surface area contributed by atoms with Gasteiger partial charge >= 0.3 is 6.03 Å². The molecule has 5 rings (SSSR count). The maximum atomic E-state index is 14.1. The van der Waals surface area contributed by atoms with Crippen LogP contribution < -0.4 is 10.2 Å². The fourth-order valence-corrected chi connectivity index (χ4v) is 6.37. The van der Waals surface area contributed by atoms with E-state index < -0.39 is 16.7 Å². The number of rotatable bonds is 3. The summed E-state index contributed by atoms with van der Waals surface area (Å²) in [5.74, 6) is -0.576. The molecule has 3 aromatic rings. The summed E-state index contributed by atoms with van der Waals surface area (Å²) in [6.45, 7) is 4.85. The number of hydrogen-bond acceptors (Lipinski definition) is 3. The molecule has 0 radical (unpaired) electrons. The van der Waals surface area contributed by atoms with Crippen LogP contribution in [0.3, 0.4) is 0 Å². The molecule has 7 heteroatoms. The highest BCUT2D eigenvalue weighted by Gasteiger charge is 2.63. The van der Waals surface area contributed by atoms with Gasteiger partial charge in [-0.1, -0.05) is 54.6 Å². The van der Waals surface area contributed by atoms with E-state index in [2.05, 4.69) is 5.32 Å². The van der Waals surface area contributed by atoms with Gasteiger partial charge in [0.25, 0.3) is 5.91 Å². The van der Waals surface area contributed by atoms with Crippen LogP contribution in [0.15, 0.2) is 78.9 Å². The minimum atomic E-state index is -1.19. The number of carbonyl (C=O) groups is 2. The van der Waals surface area contributed by atoms with Gasteiger partial charge in [0.15, 0.2) is 4.87 Å². The molecule has 0 aliphatic carbocycles. The molecule has 0 saturated carbocycles. The van der Waals surface area contributed by atoms with E-state index in [0.717, 1.165) is 16.8 Å². The van der Waals surface area contributed by atoms with Gasteiger partial charge in [-0.05, 0) is 43.7 Å². The second-order valence-corrected chi connectivity index (χ2v) is 10.8. The summed E-state index contributed by atoms with van der Waals surface area (Å²) in [6, 6.07) is 22.8. The lowest BCUT2D eigenvalue weighted by Gasteiger charge is -2.33. The van der Waals surface area contributed by atoms with Crippen molar-refractivity contribution in [2.45, 2.75) is 30.0 Å². The van der Waals surface area contributed by atoms with Crippen molar-refractivity contribution in [3.8, 4) is 0 Å². The van der Waals surface area contributed by atoms with Gasteiger partial charge in [-0.15, -0.1) is 11.8 Å². The molecule has 33 heavy (non-hydrogen) atoms. The number of nitrogens with zero attached hydrogens (tertiary/aromatic N) is 2. The van der Waals surface area contributed by atoms with Crippen molar-refractivity contribution < 1.29 is 14.0 Å². The van der Waals surface area contributed by atoms with Crippen molar-refractivity contribution in [3.05, 3.63) is 95.8 Å². The van der Waals surface area contributed by atoms with E-state index in [1.165, 1.54) is 23.9 Å². The number of benzene rings is 3. The molecule has 1 atom stereocenters. The zero-order valence-corrected chi connectivity index (χ0v) is 19.2. The zero-order chi connectivity index (χ0) is 23.2. The van der Waals surface area contributed by atoms with Crippen molar-refractivity contribution in [2.75, 3.05) is 16.8 Å². The van der Waals surface area contributed by atoms with Crippen LogP contribution in [0.1, 0.15) is 25.0 Å². The van der Waals surface area contributed by atoms with Gasteiger partial charge in [-0.3, -0.25) is 9.69 Å². The number of carbonyl (C=O) groups excluding carboxylic acids is 2. The van der Waals surface area contributed by atoms with Gasteiger partial charge in [0.2, 0.25) is 0 Å². The van der Waals surface area contributed by atoms with Crippen LogP contribution in [0.5, 0.6) is 0 Å². The lowest BCUT2D eigenvalue weighted by atomic mass is 10.1. The predicted octanol–water partition coefficient (Wildman–Crippen LogP) is 5.58. The van der Waals surface area contributed by atoms with Crippen molar-refractivity contribution in [3.63, 3.8) is 0 Å². The summed E-state index contributed by atoms with van der Waals surface area (Å²) in [5.41, 5.74) is 2.97. The van der Waals surface area contributed by atoms with E-state index in [9.17, 15) is 14.0 Å². The lowest BCUT2D eigenvalue weighted by molar-refractivity contribution is -0.123.